The van der Waals surface area contributed by atoms with E-state index in [-0.39, 0.29) is 10.8 Å². The molecule has 1 aliphatic carbocycles. The first-order valence-electron chi connectivity index (χ1n) is 6.51. The number of carbonyl (C=O) groups is 1. The zero-order chi connectivity index (χ0) is 15.1. The van der Waals surface area contributed by atoms with Gasteiger partial charge in [-0.1, -0.05) is 6.92 Å². The van der Waals surface area contributed by atoms with Crippen LogP contribution in [0.1, 0.15) is 29.3 Å². The fourth-order valence-electron chi connectivity index (χ4n) is 2.32. The Kier molecular flexibility index (Phi) is 4.12. The summed E-state index contributed by atoms with van der Waals surface area (Å²) in [5.41, 5.74) is 1.14. The Hall–Kier alpha value is -1.07. The van der Waals surface area contributed by atoms with Crippen molar-refractivity contribution in [3.63, 3.8) is 0 Å². The second-order valence-electron chi connectivity index (χ2n) is 5.57. The van der Waals surface area contributed by atoms with Gasteiger partial charge in [-0.15, -0.1) is 0 Å². The van der Waals surface area contributed by atoms with Crippen molar-refractivity contribution in [1.82, 2.24) is 4.90 Å². The minimum atomic E-state index is -3.76. The highest BCUT2D eigenvalue weighted by atomic mass is 35.7. The molecule has 4 nitrogen and oxygen atoms in total. The van der Waals surface area contributed by atoms with E-state index in [0.717, 1.165) is 6.54 Å². The lowest BCUT2D eigenvalue weighted by atomic mass is 10.1. The van der Waals surface area contributed by atoms with Crippen LogP contribution in [0.4, 0.5) is 0 Å². The number of hydrogen-bond donors (Lipinski definition) is 0. The van der Waals surface area contributed by atoms with Crippen molar-refractivity contribution < 1.29 is 13.2 Å². The van der Waals surface area contributed by atoms with Crippen LogP contribution >= 0.6 is 10.7 Å². The number of aryl methyl sites for hydroxylation is 1. The molecule has 0 saturated heterocycles. The molecule has 0 radical (unpaired) electrons. The molecule has 110 valence electrons. The summed E-state index contributed by atoms with van der Waals surface area (Å²) in [6, 6.07) is 4.33. The van der Waals surface area contributed by atoms with E-state index in [1.165, 1.54) is 24.6 Å². The molecule has 1 amide bonds. The zero-order valence-corrected chi connectivity index (χ0v) is 13.3. The van der Waals surface area contributed by atoms with Crippen LogP contribution in [-0.4, -0.2) is 32.8 Å². The van der Waals surface area contributed by atoms with Gasteiger partial charge in [-0.3, -0.25) is 4.79 Å². The molecule has 1 aliphatic rings. The molecule has 6 heteroatoms. The van der Waals surface area contributed by atoms with Gasteiger partial charge in [0, 0.05) is 29.8 Å². The molecule has 2 atom stereocenters. The van der Waals surface area contributed by atoms with Gasteiger partial charge >= 0.3 is 0 Å². The lowest BCUT2D eigenvalue weighted by Gasteiger charge is -2.18. The third-order valence-electron chi connectivity index (χ3n) is 3.84. The summed E-state index contributed by atoms with van der Waals surface area (Å²) < 4.78 is 22.5. The second-order valence-corrected chi connectivity index (χ2v) is 8.14. The normalized spacial score (nSPS) is 21.6. The molecule has 0 spiro atoms. The van der Waals surface area contributed by atoms with Gasteiger partial charge in [0.15, 0.2) is 0 Å². The number of benzene rings is 1. The first-order valence-corrected chi connectivity index (χ1v) is 8.82. The molecule has 1 saturated carbocycles. The van der Waals surface area contributed by atoms with E-state index in [9.17, 15) is 13.2 Å². The summed E-state index contributed by atoms with van der Waals surface area (Å²) in [4.78, 5) is 14.1. The SMILES string of the molecule is Cc1cc(S(=O)(=O)Cl)ccc1C(=O)N(C)CC1CC1C. The Morgan fingerprint density at radius 2 is 2.05 bits per heavy atom. The van der Waals surface area contributed by atoms with Crippen LogP contribution in [0.5, 0.6) is 0 Å². The monoisotopic (exact) mass is 315 g/mol. The maximum Gasteiger partial charge on any atom is 0.261 e. The van der Waals surface area contributed by atoms with E-state index in [0.29, 0.717) is 23.0 Å². The summed E-state index contributed by atoms with van der Waals surface area (Å²) in [5, 5.41) is 0. The van der Waals surface area contributed by atoms with Crippen molar-refractivity contribution in [3.05, 3.63) is 29.3 Å². The lowest BCUT2D eigenvalue weighted by Crippen LogP contribution is -2.29. The average Bonchev–Trinajstić information content (AvgIpc) is 3.02. The van der Waals surface area contributed by atoms with Crippen LogP contribution in [0, 0.1) is 18.8 Å². The highest BCUT2D eigenvalue weighted by Gasteiger charge is 2.34. The average molecular weight is 316 g/mol. The van der Waals surface area contributed by atoms with Crippen LogP contribution in [0.3, 0.4) is 0 Å². The maximum atomic E-state index is 12.3. The first-order chi connectivity index (χ1) is 9.20. The van der Waals surface area contributed by atoms with E-state index in [2.05, 4.69) is 6.92 Å². The van der Waals surface area contributed by atoms with Gasteiger partial charge in [0.2, 0.25) is 0 Å². The molecule has 2 unspecified atom stereocenters. The molecule has 1 aromatic carbocycles. The molecule has 0 bridgehead atoms. The number of rotatable bonds is 4. The van der Waals surface area contributed by atoms with Gasteiger partial charge in [0.1, 0.15) is 0 Å². The summed E-state index contributed by atoms with van der Waals surface area (Å²) in [6.07, 6.45) is 1.17. The van der Waals surface area contributed by atoms with E-state index in [1.807, 2.05) is 0 Å². The number of amides is 1. The smallest absolute Gasteiger partial charge is 0.261 e. The third-order valence-corrected chi connectivity index (χ3v) is 5.19. The Bertz CT molecular complexity index is 642. The number of halogens is 1. The highest BCUT2D eigenvalue weighted by Crippen LogP contribution is 2.38. The minimum Gasteiger partial charge on any atom is -0.341 e. The first kappa shape index (κ1) is 15.3. The fraction of sp³-hybridized carbons (Fsp3) is 0.500. The molecule has 0 heterocycles. The Morgan fingerprint density at radius 1 is 1.45 bits per heavy atom. The zero-order valence-electron chi connectivity index (χ0n) is 11.8. The molecule has 1 aromatic rings. The summed E-state index contributed by atoms with van der Waals surface area (Å²) in [6.45, 7) is 4.63. The van der Waals surface area contributed by atoms with E-state index in [4.69, 9.17) is 10.7 Å². The summed E-state index contributed by atoms with van der Waals surface area (Å²) >= 11 is 0. The van der Waals surface area contributed by atoms with Gasteiger partial charge < -0.3 is 4.90 Å². The molecule has 0 aliphatic heterocycles. The van der Waals surface area contributed by atoms with Gasteiger partial charge in [-0.2, -0.15) is 0 Å². The highest BCUT2D eigenvalue weighted by molar-refractivity contribution is 8.13. The predicted octanol–water partition coefficient (Wildman–Crippen LogP) is 2.65. The quantitative estimate of drug-likeness (QED) is 0.803. The van der Waals surface area contributed by atoms with Crippen molar-refractivity contribution in [2.24, 2.45) is 11.8 Å². The molecular weight excluding hydrogens is 298 g/mol. The Morgan fingerprint density at radius 3 is 2.50 bits per heavy atom. The molecule has 20 heavy (non-hydrogen) atoms. The van der Waals surface area contributed by atoms with Crippen LogP contribution in [0.15, 0.2) is 23.1 Å². The van der Waals surface area contributed by atoms with Crippen molar-refractivity contribution in [2.45, 2.75) is 25.2 Å². The third kappa shape index (κ3) is 3.33. The van der Waals surface area contributed by atoms with Crippen molar-refractivity contribution >= 4 is 25.6 Å². The topological polar surface area (TPSA) is 54.5 Å². The molecule has 2 rings (SSSR count). The maximum absolute atomic E-state index is 12.3. The number of hydrogen-bond acceptors (Lipinski definition) is 3. The van der Waals surface area contributed by atoms with Gasteiger partial charge in [-0.25, -0.2) is 8.42 Å². The van der Waals surface area contributed by atoms with Crippen molar-refractivity contribution in [1.29, 1.82) is 0 Å². The molecule has 0 N–H and O–H groups in total. The minimum absolute atomic E-state index is 0.0201. The molecule has 1 fully saturated rings. The number of carbonyl (C=O) groups excluding carboxylic acids is 1. The Balaban J connectivity index is 2.18. The molecular formula is C14H18ClNO3S. The number of nitrogens with zero attached hydrogens (tertiary/aromatic N) is 1. The van der Waals surface area contributed by atoms with E-state index >= 15 is 0 Å². The predicted molar refractivity (Wildman–Crippen MR) is 78.4 cm³/mol. The van der Waals surface area contributed by atoms with Gasteiger partial charge in [-0.05, 0) is 48.9 Å². The summed E-state index contributed by atoms with van der Waals surface area (Å²) in [7, 11) is 3.31. The van der Waals surface area contributed by atoms with E-state index in [1.54, 1.807) is 18.9 Å². The Labute approximate surface area is 124 Å². The van der Waals surface area contributed by atoms with Crippen LogP contribution in [-0.2, 0) is 9.05 Å². The largest absolute Gasteiger partial charge is 0.341 e. The second kappa shape index (κ2) is 5.37. The lowest BCUT2D eigenvalue weighted by molar-refractivity contribution is 0.0786. The van der Waals surface area contributed by atoms with Crippen molar-refractivity contribution in [3.8, 4) is 0 Å². The fourth-order valence-corrected chi connectivity index (χ4v) is 3.16. The standard InChI is InChI=1S/C14H18ClNO3S/c1-9-6-11(9)8-16(3)14(17)13-5-4-12(7-10(13)2)20(15,18)19/h4-5,7,9,11H,6,8H2,1-3H3. The molecule has 0 aromatic heterocycles. The van der Waals surface area contributed by atoms with E-state index < -0.39 is 9.05 Å². The summed E-state index contributed by atoms with van der Waals surface area (Å²) in [5.74, 6) is 1.20. The van der Waals surface area contributed by atoms with Gasteiger partial charge in [0.05, 0.1) is 4.90 Å². The van der Waals surface area contributed by atoms with Crippen LogP contribution in [0.25, 0.3) is 0 Å². The van der Waals surface area contributed by atoms with Crippen LogP contribution < -0.4 is 0 Å². The van der Waals surface area contributed by atoms with Crippen LogP contribution in [0.2, 0.25) is 0 Å². The van der Waals surface area contributed by atoms with Crippen molar-refractivity contribution in [2.75, 3.05) is 13.6 Å². The van der Waals surface area contributed by atoms with Gasteiger partial charge in [0.25, 0.3) is 15.0 Å².